The van der Waals surface area contributed by atoms with Crippen LogP contribution < -0.4 is 4.74 Å². The third-order valence-electron chi connectivity index (χ3n) is 6.41. The van der Waals surface area contributed by atoms with Gasteiger partial charge in [-0.2, -0.15) is 0 Å². The van der Waals surface area contributed by atoms with E-state index in [2.05, 4.69) is 0 Å². The SMILES string of the molecule is CC[C@@H](OC(C)=O)[C@@H](C)C1O[C@@](Oc2ccc([N+](=O)[O-])cc2C(F)F)(C(C)=O)CC(C)[C@H]1C. The molecule has 0 amide bonds. The maximum Gasteiger partial charge on any atom is 0.302 e. The first-order valence-corrected chi connectivity index (χ1v) is 10.9. The molecule has 0 aromatic heterocycles. The zero-order valence-corrected chi connectivity index (χ0v) is 19.7. The second-order valence-corrected chi connectivity index (χ2v) is 8.73. The maximum absolute atomic E-state index is 13.7. The summed E-state index contributed by atoms with van der Waals surface area (Å²) in [4.78, 5) is 34.6. The number of ketones is 1. The Balaban J connectivity index is 2.47. The first-order valence-electron chi connectivity index (χ1n) is 10.9. The molecule has 1 saturated heterocycles. The molecular formula is C23H31F2NO7. The Kier molecular flexibility index (Phi) is 8.51. The van der Waals surface area contributed by atoms with Crippen molar-refractivity contribution in [2.45, 2.75) is 78.8 Å². The summed E-state index contributed by atoms with van der Waals surface area (Å²) < 4.78 is 44.9. The van der Waals surface area contributed by atoms with Gasteiger partial charge in [0.05, 0.1) is 16.6 Å². The van der Waals surface area contributed by atoms with Gasteiger partial charge in [-0.3, -0.25) is 19.7 Å². The highest BCUT2D eigenvalue weighted by molar-refractivity contribution is 5.84. The zero-order valence-electron chi connectivity index (χ0n) is 19.7. The maximum atomic E-state index is 13.7. The molecule has 0 saturated carbocycles. The average Bonchev–Trinajstić information content (AvgIpc) is 2.73. The highest BCUT2D eigenvalue weighted by Crippen LogP contribution is 2.44. The summed E-state index contributed by atoms with van der Waals surface area (Å²) in [5, 5.41) is 11.0. The van der Waals surface area contributed by atoms with Crippen LogP contribution in [0.1, 0.15) is 66.4 Å². The molecule has 8 nitrogen and oxygen atoms in total. The summed E-state index contributed by atoms with van der Waals surface area (Å²) in [5.41, 5.74) is -1.21. The highest BCUT2D eigenvalue weighted by Gasteiger charge is 2.52. The number of nitro benzene ring substituents is 1. The number of rotatable bonds is 9. The fraction of sp³-hybridized carbons (Fsp3) is 0.652. The average molecular weight is 471 g/mol. The van der Waals surface area contributed by atoms with Gasteiger partial charge in [0.1, 0.15) is 11.9 Å². The summed E-state index contributed by atoms with van der Waals surface area (Å²) in [5.74, 6) is -3.63. The van der Waals surface area contributed by atoms with Crippen LogP contribution in [0.3, 0.4) is 0 Å². The van der Waals surface area contributed by atoms with Crippen molar-refractivity contribution in [3.8, 4) is 5.75 Å². The molecule has 6 atom stereocenters. The molecule has 10 heteroatoms. The third kappa shape index (κ3) is 5.85. The molecule has 0 N–H and O–H groups in total. The van der Waals surface area contributed by atoms with Gasteiger partial charge < -0.3 is 14.2 Å². The fourth-order valence-corrected chi connectivity index (χ4v) is 4.34. The lowest BCUT2D eigenvalue weighted by Crippen LogP contribution is -2.58. The summed E-state index contributed by atoms with van der Waals surface area (Å²) in [6.07, 6.45) is -3.48. The summed E-state index contributed by atoms with van der Waals surface area (Å²) in [6.45, 7) is 10.1. The molecule has 1 aliphatic heterocycles. The number of ether oxygens (including phenoxy) is 3. The quantitative estimate of drug-likeness (QED) is 0.276. The lowest BCUT2D eigenvalue weighted by Gasteiger charge is -2.48. The molecule has 1 fully saturated rings. The van der Waals surface area contributed by atoms with Crippen LogP contribution in [0.25, 0.3) is 0 Å². The Morgan fingerprint density at radius 3 is 2.42 bits per heavy atom. The standard InChI is InChI=1S/C23H31F2NO7/c1-7-19(31-16(6)28)14(4)21-13(3)12(2)11-23(33-21,15(5)27)32-20-9-8-17(26(29)30)10-18(20)22(24)25/h8-10,12-14,19,21-22H,7,11H2,1-6H3/t12?,13-,14-,19-,21?,23-/m1/s1. The van der Waals surface area contributed by atoms with E-state index in [4.69, 9.17) is 14.2 Å². The molecule has 2 unspecified atom stereocenters. The first kappa shape index (κ1) is 26.6. The number of esters is 1. The number of carbonyl (C=O) groups excluding carboxylic acids is 2. The van der Waals surface area contributed by atoms with Gasteiger partial charge in [0, 0.05) is 38.3 Å². The van der Waals surface area contributed by atoms with E-state index in [0.29, 0.717) is 6.42 Å². The van der Waals surface area contributed by atoms with Crippen LogP contribution >= 0.6 is 0 Å². The number of hydrogen-bond acceptors (Lipinski definition) is 7. The molecule has 0 spiro atoms. The van der Waals surface area contributed by atoms with E-state index in [-0.39, 0.29) is 29.9 Å². The predicted molar refractivity (Wildman–Crippen MR) is 115 cm³/mol. The second kappa shape index (κ2) is 10.5. The van der Waals surface area contributed by atoms with Crippen molar-refractivity contribution in [3.63, 3.8) is 0 Å². The number of benzene rings is 1. The molecule has 1 aromatic carbocycles. The van der Waals surface area contributed by atoms with Crippen LogP contribution in [0.15, 0.2) is 18.2 Å². The number of halogens is 2. The van der Waals surface area contributed by atoms with Gasteiger partial charge in [0.15, 0.2) is 0 Å². The normalized spacial score (nSPS) is 27.0. The van der Waals surface area contributed by atoms with E-state index in [1.165, 1.54) is 13.8 Å². The van der Waals surface area contributed by atoms with Crippen LogP contribution in [0, 0.1) is 27.9 Å². The van der Waals surface area contributed by atoms with Crippen LogP contribution in [0.4, 0.5) is 14.5 Å². The minimum Gasteiger partial charge on any atom is -0.462 e. The van der Waals surface area contributed by atoms with Crippen LogP contribution in [0.2, 0.25) is 0 Å². The van der Waals surface area contributed by atoms with Gasteiger partial charge in [-0.05, 0) is 24.3 Å². The highest BCUT2D eigenvalue weighted by atomic mass is 19.3. The molecule has 0 aliphatic carbocycles. The van der Waals surface area contributed by atoms with E-state index in [9.17, 15) is 28.5 Å². The smallest absolute Gasteiger partial charge is 0.302 e. The van der Waals surface area contributed by atoms with Crippen molar-refractivity contribution in [1.82, 2.24) is 0 Å². The van der Waals surface area contributed by atoms with E-state index in [1.54, 1.807) is 0 Å². The topological polar surface area (TPSA) is 105 Å². The Labute approximate surface area is 191 Å². The zero-order chi connectivity index (χ0) is 25.1. The number of non-ortho nitro benzene ring substituents is 1. The Morgan fingerprint density at radius 1 is 1.30 bits per heavy atom. The Hall–Kier alpha value is -2.62. The molecule has 1 aliphatic rings. The lowest BCUT2D eigenvalue weighted by molar-refractivity contribution is -0.385. The second-order valence-electron chi connectivity index (χ2n) is 8.73. The molecule has 0 bridgehead atoms. The summed E-state index contributed by atoms with van der Waals surface area (Å²) >= 11 is 0. The fourth-order valence-electron chi connectivity index (χ4n) is 4.34. The number of alkyl halides is 2. The molecule has 0 radical (unpaired) electrons. The number of hydrogen-bond donors (Lipinski definition) is 0. The number of Topliss-reactive ketones (excluding diaryl/α,β-unsaturated/α-hetero) is 1. The molecule has 1 heterocycles. The van der Waals surface area contributed by atoms with Crippen molar-refractivity contribution in [1.29, 1.82) is 0 Å². The minimum absolute atomic E-state index is 0.0490. The molecule has 33 heavy (non-hydrogen) atoms. The summed E-state index contributed by atoms with van der Waals surface area (Å²) in [7, 11) is 0. The van der Waals surface area contributed by atoms with Crippen molar-refractivity contribution < 1.29 is 37.5 Å². The van der Waals surface area contributed by atoms with Crippen molar-refractivity contribution >= 4 is 17.4 Å². The van der Waals surface area contributed by atoms with Crippen LogP contribution in [0.5, 0.6) is 5.75 Å². The van der Waals surface area contributed by atoms with Gasteiger partial charge in [-0.15, -0.1) is 0 Å². The van der Waals surface area contributed by atoms with E-state index >= 15 is 0 Å². The number of nitro groups is 1. The molecule has 1 aromatic rings. The predicted octanol–water partition coefficient (Wildman–Crippen LogP) is 5.24. The lowest BCUT2D eigenvalue weighted by atomic mass is 9.75. The van der Waals surface area contributed by atoms with Crippen LogP contribution in [-0.4, -0.2) is 34.7 Å². The van der Waals surface area contributed by atoms with Gasteiger partial charge in [-0.1, -0.05) is 27.7 Å². The third-order valence-corrected chi connectivity index (χ3v) is 6.41. The van der Waals surface area contributed by atoms with Crippen molar-refractivity contribution in [3.05, 3.63) is 33.9 Å². The monoisotopic (exact) mass is 471 g/mol. The first-order chi connectivity index (χ1) is 15.3. The largest absolute Gasteiger partial charge is 0.462 e. The van der Waals surface area contributed by atoms with Gasteiger partial charge >= 0.3 is 5.97 Å². The van der Waals surface area contributed by atoms with E-state index in [1.807, 2.05) is 27.7 Å². The Bertz CT molecular complexity index is 894. The molecular weight excluding hydrogens is 440 g/mol. The number of nitrogens with zero attached hydrogens (tertiary/aromatic N) is 1. The van der Waals surface area contributed by atoms with Crippen LogP contribution in [-0.2, 0) is 19.1 Å². The minimum atomic E-state index is -3.06. The van der Waals surface area contributed by atoms with Crippen molar-refractivity contribution in [2.75, 3.05) is 0 Å². The van der Waals surface area contributed by atoms with E-state index < -0.39 is 52.3 Å². The molecule has 2 rings (SSSR count). The van der Waals surface area contributed by atoms with Gasteiger partial charge in [-0.25, -0.2) is 8.78 Å². The number of carbonyl (C=O) groups is 2. The Morgan fingerprint density at radius 2 is 1.94 bits per heavy atom. The van der Waals surface area contributed by atoms with Gasteiger partial charge in [0.25, 0.3) is 17.9 Å². The molecule has 184 valence electrons. The van der Waals surface area contributed by atoms with Gasteiger partial charge in [0.2, 0.25) is 5.78 Å². The summed E-state index contributed by atoms with van der Waals surface area (Å²) in [6, 6.07) is 2.83. The van der Waals surface area contributed by atoms with E-state index in [0.717, 1.165) is 18.2 Å². The van der Waals surface area contributed by atoms with Crippen molar-refractivity contribution in [2.24, 2.45) is 17.8 Å².